The van der Waals surface area contributed by atoms with Crippen molar-refractivity contribution in [1.29, 1.82) is 0 Å². The van der Waals surface area contributed by atoms with E-state index in [4.69, 9.17) is 9.26 Å². The number of nitrogens with zero attached hydrogens (tertiary/aromatic N) is 4. The predicted octanol–water partition coefficient (Wildman–Crippen LogP) is 1.40. The first kappa shape index (κ1) is 12.3. The van der Waals surface area contributed by atoms with Gasteiger partial charge in [0.25, 0.3) is 0 Å². The van der Waals surface area contributed by atoms with Crippen molar-refractivity contribution in [2.45, 2.75) is 32.1 Å². The van der Waals surface area contributed by atoms with Crippen LogP contribution in [0.1, 0.15) is 35.3 Å². The number of hydrogen-bond acceptors (Lipinski definition) is 5. The van der Waals surface area contributed by atoms with Crippen LogP contribution in [0, 0.1) is 6.92 Å². The third-order valence-electron chi connectivity index (χ3n) is 3.50. The monoisotopic (exact) mass is 262 g/mol. The number of aryl methyl sites for hydroxylation is 4. The first-order valence-corrected chi connectivity index (χ1v) is 6.61. The van der Waals surface area contributed by atoms with Crippen LogP contribution in [-0.4, -0.2) is 33.1 Å². The molecule has 19 heavy (non-hydrogen) atoms. The Hall–Kier alpha value is -1.69. The summed E-state index contributed by atoms with van der Waals surface area (Å²) in [5.41, 5.74) is 2.29. The SMILES string of the molecule is Cc1nn(C)cc1CCc1nc(C2CCOC2)no1. The van der Waals surface area contributed by atoms with Gasteiger partial charge in [-0.1, -0.05) is 5.16 Å². The first-order valence-electron chi connectivity index (χ1n) is 6.61. The van der Waals surface area contributed by atoms with Crippen LogP contribution >= 0.6 is 0 Å². The van der Waals surface area contributed by atoms with E-state index in [-0.39, 0.29) is 0 Å². The minimum atomic E-state index is 0.303. The average Bonchev–Trinajstić information content (AvgIpc) is 3.07. The van der Waals surface area contributed by atoms with Crippen molar-refractivity contribution < 1.29 is 9.26 Å². The molecule has 2 aromatic heterocycles. The summed E-state index contributed by atoms with van der Waals surface area (Å²) in [5.74, 6) is 1.79. The minimum Gasteiger partial charge on any atom is -0.381 e. The lowest BCUT2D eigenvalue weighted by molar-refractivity contribution is 0.192. The van der Waals surface area contributed by atoms with Gasteiger partial charge in [0.05, 0.1) is 12.3 Å². The van der Waals surface area contributed by atoms with Gasteiger partial charge in [-0.05, 0) is 25.3 Å². The molecule has 6 nitrogen and oxygen atoms in total. The number of aromatic nitrogens is 4. The van der Waals surface area contributed by atoms with E-state index in [0.29, 0.717) is 18.4 Å². The van der Waals surface area contributed by atoms with E-state index in [2.05, 4.69) is 15.2 Å². The number of hydrogen-bond donors (Lipinski definition) is 0. The topological polar surface area (TPSA) is 66.0 Å². The lowest BCUT2D eigenvalue weighted by atomic mass is 10.1. The van der Waals surface area contributed by atoms with Crippen molar-refractivity contribution in [1.82, 2.24) is 19.9 Å². The Morgan fingerprint density at radius 1 is 1.42 bits per heavy atom. The highest BCUT2D eigenvalue weighted by Gasteiger charge is 2.23. The highest BCUT2D eigenvalue weighted by atomic mass is 16.5. The van der Waals surface area contributed by atoms with E-state index >= 15 is 0 Å². The van der Waals surface area contributed by atoms with Gasteiger partial charge in [-0.15, -0.1) is 0 Å². The quantitative estimate of drug-likeness (QED) is 0.833. The van der Waals surface area contributed by atoms with Crippen LogP contribution < -0.4 is 0 Å². The zero-order chi connectivity index (χ0) is 13.2. The van der Waals surface area contributed by atoms with Crippen LogP contribution in [-0.2, 0) is 24.6 Å². The van der Waals surface area contributed by atoms with Gasteiger partial charge in [-0.2, -0.15) is 10.1 Å². The van der Waals surface area contributed by atoms with Gasteiger partial charge >= 0.3 is 0 Å². The van der Waals surface area contributed by atoms with Crippen LogP contribution in [0.4, 0.5) is 0 Å². The van der Waals surface area contributed by atoms with Crippen LogP contribution in [0.15, 0.2) is 10.7 Å². The molecule has 1 atom stereocenters. The average molecular weight is 262 g/mol. The summed E-state index contributed by atoms with van der Waals surface area (Å²) in [7, 11) is 1.93. The summed E-state index contributed by atoms with van der Waals surface area (Å²) in [6.07, 6.45) is 4.66. The van der Waals surface area contributed by atoms with E-state index < -0.39 is 0 Å². The Bertz CT molecular complexity index is 555. The van der Waals surface area contributed by atoms with Crippen LogP contribution in [0.5, 0.6) is 0 Å². The van der Waals surface area contributed by atoms with Gasteiger partial charge < -0.3 is 9.26 Å². The molecule has 0 saturated carbocycles. The molecule has 1 aliphatic heterocycles. The molecular weight excluding hydrogens is 244 g/mol. The molecule has 2 aromatic rings. The molecule has 0 aliphatic carbocycles. The second-order valence-electron chi connectivity index (χ2n) is 5.02. The Morgan fingerprint density at radius 3 is 3.00 bits per heavy atom. The van der Waals surface area contributed by atoms with Gasteiger partial charge in [0.1, 0.15) is 0 Å². The zero-order valence-corrected chi connectivity index (χ0v) is 11.3. The van der Waals surface area contributed by atoms with Crippen LogP contribution in [0.25, 0.3) is 0 Å². The molecule has 1 aliphatic rings. The van der Waals surface area contributed by atoms with Gasteiger partial charge in [0, 0.05) is 32.2 Å². The fraction of sp³-hybridized carbons (Fsp3) is 0.615. The summed E-state index contributed by atoms with van der Waals surface area (Å²) in [6, 6.07) is 0. The first-order chi connectivity index (χ1) is 9.22. The summed E-state index contributed by atoms with van der Waals surface area (Å²) in [6.45, 7) is 3.52. The van der Waals surface area contributed by atoms with Gasteiger partial charge in [0.2, 0.25) is 5.89 Å². The van der Waals surface area contributed by atoms with Crippen molar-refractivity contribution in [3.8, 4) is 0 Å². The van der Waals surface area contributed by atoms with Gasteiger partial charge in [-0.25, -0.2) is 0 Å². The lowest BCUT2D eigenvalue weighted by Gasteiger charge is -1.97. The zero-order valence-electron chi connectivity index (χ0n) is 11.3. The lowest BCUT2D eigenvalue weighted by Crippen LogP contribution is -2.00. The van der Waals surface area contributed by atoms with E-state index in [9.17, 15) is 0 Å². The fourth-order valence-corrected chi connectivity index (χ4v) is 2.41. The van der Waals surface area contributed by atoms with Gasteiger partial charge in [-0.3, -0.25) is 4.68 Å². The maximum atomic E-state index is 5.34. The molecule has 0 radical (unpaired) electrons. The summed E-state index contributed by atoms with van der Waals surface area (Å²) >= 11 is 0. The number of rotatable bonds is 4. The molecule has 3 heterocycles. The molecule has 0 amide bonds. The second kappa shape index (κ2) is 5.13. The second-order valence-corrected chi connectivity index (χ2v) is 5.02. The van der Waals surface area contributed by atoms with Crippen molar-refractivity contribution in [2.75, 3.05) is 13.2 Å². The van der Waals surface area contributed by atoms with Crippen LogP contribution in [0.2, 0.25) is 0 Å². The molecular formula is C13H18N4O2. The van der Waals surface area contributed by atoms with Crippen molar-refractivity contribution in [3.63, 3.8) is 0 Å². The Labute approximate surface area is 111 Å². The normalized spacial score (nSPS) is 19.2. The van der Waals surface area contributed by atoms with E-state index in [1.54, 1.807) is 0 Å². The third-order valence-corrected chi connectivity index (χ3v) is 3.50. The van der Waals surface area contributed by atoms with E-state index in [1.807, 2.05) is 24.9 Å². The molecule has 6 heteroatoms. The minimum absolute atomic E-state index is 0.303. The van der Waals surface area contributed by atoms with Crippen molar-refractivity contribution in [2.24, 2.45) is 7.05 Å². The molecule has 3 rings (SSSR count). The highest BCUT2D eigenvalue weighted by Crippen LogP contribution is 2.22. The van der Waals surface area contributed by atoms with Gasteiger partial charge in [0.15, 0.2) is 5.82 Å². The van der Waals surface area contributed by atoms with E-state index in [0.717, 1.165) is 37.4 Å². The molecule has 102 valence electrons. The summed E-state index contributed by atoms with van der Waals surface area (Å²) < 4.78 is 12.5. The number of ether oxygens (including phenoxy) is 1. The van der Waals surface area contributed by atoms with E-state index in [1.165, 1.54) is 5.56 Å². The Balaban J connectivity index is 1.62. The molecule has 0 N–H and O–H groups in total. The Morgan fingerprint density at radius 2 is 2.32 bits per heavy atom. The van der Waals surface area contributed by atoms with Crippen molar-refractivity contribution >= 4 is 0 Å². The third kappa shape index (κ3) is 2.68. The molecule has 0 bridgehead atoms. The molecule has 1 fully saturated rings. The molecule has 0 aromatic carbocycles. The standard InChI is InChI=1S/C13H18N4O2/c1-9-10(7-17(2)15-9)3-4-12-14-13(16-19-12)11-5-6-18-8-11/h7,11H,3-6,8H2,1-2H3. The summed E-state index contributed by atoms with van der Waals surface area (Å²) in [4.78, 5) is 4.46. The fourth-order valence-electron chi connectivity index (χ4n) is 2.41. The maximum Gasteiger partial charge on any atom is 0.226 e. The van der Waals surface area contributed by atoms with Crippen molar-refractivity contribution in [3.05, 3.63) is 29.2 Å². The highest BCUT2D eigenvalue weighted by molar-refractivity contribution is 5.16. The largest absolute Gasteiger partial charge is 0.381 e. The van der Waals surface area contributed by atoms with Crippen LogP contribution in [0.3, 0.4) is 0 Å². The summed E-state index contributed by atoms with van der Waals surface area (Å²) in [5, 5.41) is 8.38. The molecule has 0 spiro atoms. The Kier molecular flexibility index (Phi) is 3.33. The maximum absolute atomic E-state index is 5.34. The molecule has 1 unspecified atom stereocenters. The molecule has 1 saturated heterocycles. The smallest absolute Gasteiger partial charge is 0.226 e. The predicted molar refractivity (Wildman–Crippen MR) is 67.8 cm³/mol.